The number of hydrogen-bond donors (Lipinski definition) is 0. The molecule has 2 rings (SSSR count). The lowest BCUT2D eigenvalue weighted by atomic mass is 10.1. The molecule has 0 radical (unpaired) electrons. The van der Waals surface area contributed by atoms with E-state index in [1.807, 2.05) is 6.92 Å². The van der Waals surface area contributed by atoms with Gasteiger partial charge in [0.1, 0.15) is 11.6 Å². The van der Waals surface area contributed by atoms with Gasteiger partial charge in [0.2, 0.25) is 0 Å². The van der Waals surface area contributed by atoms with Crippen molar-refractivity contribution >= 4 is 17.4 Å². The number of carbonyl (C=O) groups excluding carboxylic acids is 1. The number of ether oxygens (including phenoxy) is 1. The lowest BCUT2D eigenvalue weighted by molar-refractivity contribution is 0.0971. The second-order valence-corrected chi connectivity index (χ2v) is 4.28. The number of hydrogen-bond acceptors (Lipinski definition) is 3. The Balaban J connectivity index is 2.19. The molecule has 4 nitrogen and oxygen atoms in total. The number of carbonyl (C=O) groups is 1. The minimum atomic E-state index is -0.0133. The number of methoxy groups -OCH3 is 1. The van der Waals surface area contributed by atoms with Crippen molar-refractivity contribution in [1.29, 1.82) is 0 Å². The van der Waals surface area contributed by atoms with E-state index in [9.17, 15) is 4.79 Å². The summed E-state index contributed by atoms with van der Waals surface area (Å²) in [5.74, 6) is 1.36. The van der Waals surface area contributed by atoms with E-state index in [0.717, 1.165) is 5.82 Å². The number of aromatic nitrogens is 2. The Morgan fingerprint density at radius 2 is 2.28 bits per heavy atom. The fraction of sp³-hybridized carbons (Fsp3) is 0.231. The van der Waals surface area contributed by atoms with Crippen LogP contribution >= 0.6 is 11.6 Å². The Morgan fingerprint density at radius 1 is 1.50 bits per heavy atom. The van der Waals surface area contributed by atoms with E-state index < -0.39 is 0 Å². The summed E-state index contributed by atoms with van der Waals surface area (Å²) in [6, 6.07) is 5.02. The maximum atomic E-state index is 12.1. The third-order valence-electron chi connectivity index (χ3n) is 2.71. The number of benzene rings is 1. The number of aryl methyl sites for hydroxylation is 1. The highest BCUT2D eigenvalue weighted by atomic mass is 35.5. The van der Waals surface area contributed by atoms with Crippen LogP contribution in [0.3, 0.4) is 0 Å². The molecule has 94 valence electrons. The second-order valence-electron chi connectivity index (χ2n) is 3.87. The summed E-state index contributed by atoms with van der Waals surface area (Å²) in [6.45, 7) is 2.11. The fourth-order valence-corrected chi connectivity index (χ4v) is 1.91. The van der Waals surface area contributed by atoms with Crippen molar-refractivity contribution in [2.24, 2.45) is 0 Å². The van der Waals surface area contributed by atoms with Gasteiger partial charge >= 0.3 is 0 Å². The molecule has 0 saturated carbocycles. The largest absolute Gasteiger partial charge is 0.495 e. The van der Waals surface area contributed by atoms with E-state index in [-0.39, 0.29) is 12.3 Å². The molecule has 0 aliphatic heterocycles. The average molecular weight is 265 g/mol. The summed E-state index contributed by atoms with van der Waals surface area (Å²) < 4.78 is 6.84. The van der Waals surface area contributed by atoms with Crippen LogP contribution in [0.15, 0.2) is 30.6 Å². The SMILES string of the molecule is COc1ccc(C(=O)Cn2ccnc2C)cc1Cl. The van der Waals surface area contributed by atoms with Crippen molar-refractivity contribution in [2.45, 2.75) is 13.5 Å². The Bertz CT molecular complexity index is 578. The molecule has 0 saturated heterocycles. The molecular weight excluding hydrogens is 252 g/mol. The summed E-state index contributed by atoms with van der Waals surface area (Å²) in [5.41, 5.74) is 0.564. The van der Waals surface area contributed by atoms with Crippen LogP contribution in [0, 0.1) is 6.92 Å². The molecule has 0 spiro atoms. The molecule has 1 heterocycles. The molecule has 0 bridgehead atoms. The van der Waals surface area contributed by atoms with Crippen molar-refractivity contribution in [3.05, 3.63) is 47.0 Å². The first-order valence-corrected chi connectivity index (χ1v) is 5.84. The lowest BCUT2D eigenvalue weighted by Crippen LogP contribution is -2.11. The first-order valence-electron chi connectivity index (χ1n) is 5.46. The standard InChI is InChI=1S/C13H13ClN2O2/c1-9-15-5-6-16(9)8-12(17)10-3-4-13(18-2)11(14)7-10/h3-7H,8H2,1-2H3. The second kappa shape index (κ2) is 5.23. The minimum absolute atomic E-state index is 0.0133. The van der Waals surface area contributed by atoms with Crippen molar-refractivity contribution in [1.82, 2.24) is 9.55 Å². The van der Waals surface area contributed by atoms with Crippen molar-refractivity contribution in [3.8, 4) is 5.75 Å². The van der Waals surface area contributed by atoms with E-state index in [1.54, 1.807) is 35.2 Å². The molecule has 1 aromatic carbocycles. The maximum absolute atomic E-state index is 12.1. The number of imidazole rings is 1. The lowest BCUT2D eigenvalue weighted by Gasteiger charge is -2.07. The predicted molar refractivity (Wildman–Crippen MR) is 69.3 cm³/mol. The van der Waals surface area contributed by atoms with Gasteiger partial charge in [0.25, 0.3) is 0 Å². The molecule has 0 fully saturated rings. The first-order chi connectivity index (χ1) is 8.61. The minimum Gasteiger partial charge on any atom is -0.495 e. The van der Waals surface area contributed by atoms with Crippen LogP contribution in [-0.2, 0) is 6.54 Å². The van der Waals surface area contributed by atoms with Gasteiger partial charge in [-0.25, -0.2) is 4.98 Å². The zero-order valence-corrected chi connectivity index (χ0v) is 10.9. The molecule has 5 heteroatoms. The molecule has 0 atom stereocenters. The van der Waals surface area contributed by atoms with Crippen LogP contribution in [0.5, 0.6) is 5.75 Å². The number of halogens is 1. The van der Waals surface area contributed by atoms with Gasteiger partial charge in [-0.2, -0.15) is 0 Å². The molecule has 2 aromatic rings. The molecule has 18 heavy (non-hydrogen) atoms. The molecule has 0 unspecified atom stereocenters. The fourth-order valence-electron chi connectivity index (χ4n) is 1.66. The first kappa shape index (κ1) is 12.6. The highest BCUT2D eigenvalue weighted by Gasteiger charge is 2.10. The van der Waals surface area contributed by atoms with E-state index >= 15 is 0 Å². The Kier molecular flexibility index (Phi) is 3.67. The van der Waals surface area contributed by atoms with Crippen LogP contribution in [-0.4, -0.2) is 22.4 Å². The number of nitrogens with zero attached hydrogens (tertiary/aromatic N) is 2. The summed E-state index contributed by atoms with van der Waals surface area (Å²) in [7, 11) is 1.54. The van der Waals surface area contributed by atoms with E-state index in [2.05, 4.69) is 4.98 Å². The van der Waals surface area contributed by atoms with Gasteiger partial charge in [-0.1, -0.05) is 11.6 Å². The molecular formula is C13H13ClN2O2. The monoisotopic (exact) mass is 264 g/mol. The van der Waals surface area contributed by atoms with E-state index in [0.29, 0.717) is 16.3 Å². The van der Waals surface area contributed by atoms with E-state index in [4.69, 9.17) is 16.3 Å². The van der Waals surface area contributed by atoms with Crippen molar-refractivity contribution in [2.75, 3.05) is 7.11 Å². The maximum Gasteiger partial charge on any atom is 0.182 e. The van der Waals surface area contributed by atoms with Gasteiger partial charge in [0, 0.05) is 18.0 Å². The van der Waals surface area contributed by atoms with Gasteiger partial charge in [-0.05, 0) is 25.1 Å². The smallest absolute Gasteiger partial charge is 0.182 e. The van der Waals surface area contributed by atoms with Crippen LogP contribution in [0.4, 0.5) is 0 Å². The van der Waals surface area contributed by atoms with Gasteiger partial charge in [-0.3, -0.25) is 4.79 Å². The Hall–Kier alpha value is -1.81. The highest BCUT2D eigenvalue weighted by molar-refractivity contribution is 6.32. The van der Waals surface area contributed by atoms with Crippen LogP contribution < -0.4 is 4.74 Å². The quantitative estimate of drug-likeness (QED) is 0.798. The van der Waals surface area contributed by atoms with Gasteiger partial charge in [0.15, 0.2) is 5.78 Å². The van der Waals surface area contributed by atoms with Gasteiger partial charge in [-0.15, -0.1) is 0 Å². The summed E-state index contributed by atoms with van der Waals surface area (Å²) in [4.78, 5) is 16.1. The molecule has 0 N–H and O–H groups in total. The summed E-state index contributed by atoms with van der Waals surface area (Å²) >= 11 is 5.99. The van der Waals surface area contributed by atoms with E-state index in [1.165, 1.54) is 7.11 Å². The molecule has 0 aliphatic carbocycles. The molecule has 0 amide bonds. The third-order valence-corrected chi connectivity index (χ3v) is 3.01. The van der Waals surface area contributed by atoms with Crippen LogP contribution in [0.2, 0.25) is 5.02 Å². The summed E-state index contributed by atoms with van der Waals surface area (Å²) in [6.07, 6.45) is 3.45. The normalized spacial score (nSPS) is 10.4. The third kappa shape index (κ3) is 2.54. The highest BCUT2D eigenvalue weighted by Crippen LogP contribution is 2.25. The Morgan fingerprint density at radius 3 is 2.83 bits per heavy atom. The van der Waals surface area contributed by atoms with Crippen LogP contribution in [0.1, 0.15) is 16.2 Å². The number of rotatable bonds is 4. The summed E-state index contributed by atoms with van der Waals surface area (Å²) in [5, 5.41) is 0.436. The Labute approximate surface area is 110 Å². The zero-order chi connectivity index (χ0) is 13.1. The topological polar surface area (TPSA) is 44.1 Å². The molecule has 0 aliphatic rings. The van der Waals surface area contributed by atoms with Gasteiger partial charge < -0.3 is 9.30 Å². The predicted octanol–water partition coefficient (Wildman–Crippen LogP) is 2.74. The average Bonchev–Trinajstić information content (AvgIpc) is 2.75. The van der Waals surface area contributed by atoms with Crippen molar-refractivity contribution < 1.29 is 9.53 Å². The van der Waals surface area contributed by atoms with Crippen LogP contribution in [0.25, 0.3) is 0 Å². The number of Topliss-reactive ketones (excluding diaryl/α,β-unsaturated/α-hetero) is 1. The van der Waals surface area contributed by atoms with Crippen molar-refractivity contribution in [3.63, 3.8) is 0 Å². The zero-order valence-electron chi connectivity index (χ0n) is 10.2. The van der Waals surface area contributed by atoms with Gasteiger partial charge in [0.05, 0.1) is 18.7 Å². The number of ketones is 1. The molecule has 1 aromatic heterocycles.